The van der Waals surface area contributed by atoms with Crippen LogP contribution in [-0.2, 0) is 10.0 Å². The number of nitrogens with zero attached hydrogens (tertiary/aromatic N) is 1. The molecule has 0 bridgehead atoms. The standard InChI is InChI=1S/C10H9ClN2O4S/c1-16-9-3-2-6(4-7(9)11)8-5-10(17-13-8)18(12,14)15/h2-5H,1H3,(H2,12,14,15). The number of hydrogen-bond donors (Lipinski definition) is 1. The summed E-state index contributed by atoms with van der Waals surface area (Å²) in [6, 6.07) is 6.14. The van der Waals surface area contributed by atoms with Crippen LogP contribution < -0.4 is 9.88 Å². The van der Waals surface area contributed by atoms with Gasteiger partial charge in [0.2, 0.25) is 0 Å². The molecular formula is C10H9ClN2O4S. The normalized spacial score (nSPS) is 11.5. The van der Waals surface area contributed by atoms with Gasteiger partial charge in [-0.2, -0.15) is 0 Å². The van der Waals surface area contributed by atoms with Gasteiger partial charge in [0.1, 0.15) is 11.4 Å². The SMILES string of the molecule is COc1ccc(-c2cc(S(N)(=O)=O)on2)cc1Cl. The van der Waals surface area contributed by atoms with Crippen molar-refractivity contribution in [2.45, 2.75) is 5.09 Å². The molecule has 0 spiro atoms. The van der Waals surface area contributed by atoms with Crippen molar-refractivity contribution >= 4 is 21.6 Å². The predicted octanol–water partition coefficient (Wildman–Crippen LogP) is 1.65. The smallest absolute Gasteiger partial charge is 0.274 e. The number of methoxy groups -OCH3 is 1. The Hall–Kier alpha value is -1.57. The molecule has 2 rings (SSSR count). The van der Waals surface area contributed by atoms with E-state index in [1.807, 2.05) is 0 Å². The number of nitrogens with two attached hydrogens (primary N) is 1. The largest absolute Gasteiger partial charge is 0.495 e. The van der Waals surface area contributed by atoms with Gasteiger partial charge >= 0.3 is 0 Å². The van der Waals surface area contributed by atoms with Crippen molar-refractivity contribution in [1.29, 1.82) is 0 Å². The summed E-state index contributed by atoms with van der Waals surface area (Å²) in [5.74, 6) is 0.510. The molecule has 0 aliphatic carbocycles. The molecule has 0 saturated carbocycles. The number of ether oxygens (including phenoxy) is 1. The van der Waals surface area contributed by atoms with Gasteiger partial charge in [-0.3, -0.25) is 0 Å². The highest BCUT2D eigenvalue weighted by Gasteiger charge is 2.16. The first-order valence-corrected chi connectivity index (χ1v) is 6.67. The maximum Gasteiger partial charge on any atom is 0.274 e. The Bertz CT molecular complexity index is 681. The molecule has 0 aliphatic heterocycles. The highest BCUT2D eigenvalue weighted by Crippen LogP contribution is 2.30. The van der Waals surface area contributed by atoms with Crippen molar-refractivity contribution in [2.75, 3.05) is 7.11 Å². The van der Waals surface area contributed by atoms with Gasteiger partial charge in [0.05, 0.1) is 12.1 Å². The molecule has 1 aromatic carbocycles. The minimum atomic E-state index is -3.90. The average Bonchev–Trinajstić information content (AvgIpc) is 2.77. The van der Waals surface area contributed by atoms with Gasteiger partial charge in [0, 0.05) is 11.6 Å². The van der Waals surface area contributed by atoms with Crippen molar-refractivity contribution < 1.29 is 17.7 Å². The summed E-state index contributed by atoms with van der Waals surface area (Å²) in [5, 5.41) is 8.52. The number of hydrogen-bond acceptors (Lipinski definition) is 5. The van der Waals surface area contributed by atoms with Gasteiger partial charge in [-0.1, -0.05) is 16.8 Å². The second-order valence-corrected chi connectivity index (χ2v) is 5.33. The molecule has 0 atom stereocenters. The van der Waals surface area contributed by atoms with Crippen LogP contribution in [0.4, 0.5) is 0 Å². The molecule has 0 aliphatic rings. The molecule has 96 valence electrons. The first-order valence-electron chi connectivity index (χ1n) is 4.75. The fraction of sp³-hybridized carbons (Fsp3) is 0.100. The molecule has 8 heteroatoms. The summed E-state index contributed by atoms with van der Waals surface area (Å²) in [7, 11) is -2.40. The van der Waals surface area contributed by atoms with E-state index in [9.17, 15) is 8.42 Å². The molecule has 6 nitrogen and oxygen atoms in total. The monoisotopic (exact) mass is 288 g/mol. The van der Waals surface area contributed by atoms with E-state index in [1.165, 1.54) is 13.2 Å². The fourth-order valence-corrected chi connectivity index (χ4v) is 2.03. The van der Waals surface area contributed by atoms with E-state index in [0.29, 0.717) is 22.0 Å². The van der Waals surface area contributed by atoms with Gasteiger partial charge < -0.3 is 9.26 Å². The zero-order chi connectivity index (χ0) is 13.3. The Labute approximate surface area is 108 Å². The van der Waals surface area contributed by atoms with Crippen molar-refractivity contribution in [3.05, 3.63) is 29.3 Å². The Morgan fingerprint density at radius 3 is 2.61 bits per heavy atom. The van der Waals surface area contributed by atoms with Crippen molar-refractivity contribution in [3.63, 3.8) is 0 Å². The van der Waals surface area contributed by atoms with Crippen LogP contribution in [0.5, 0.6) is 5.75 Å². The van der Waals surface area contributed by atoms with E-state index >= 15 is 0 Å². The topological polar surface area (TPSA) is 95.4 Å². The van der Waals surface area contributed by atoms with Gasteiger partial charge in [0.25, 0.3) is 15.1 Å². The third-order valence-electron chi connectivity index (χ3n) is 2.22. The van der Waals surface area contributed by atoms with Crippen LogP contribution in [0.1, 0.15) is 0 Å². The second-order valence-electron chi connectivity index (χ2n) is 3.43. The summed E-state index contributed by atoms with van der Waals surface area (Å²) in [5.41, 5.74) is 0.919. The molecule has 2 N–H and O–H groups in total. The lowest BCUT2D eigenvalue weighted by Gasteiger charge is -2.03. The van der Waals surface area contributed by atoms with Gasteiger partial charge in [-0.15, -0.1) is 0 Å². The van der Waals surface area contributed by atoms with Gasteiger partial charge in [0.15, 0.2) is 0 Å². The molecule has 1 heterocycles. The maximum atomic E-state index is 11.0. The number of aromatic nitrogens is 1. The predicted molar refractivity (Wildman–Crippen MR) is 64.9 cm³/mol. The van der Waals surface area contributed by atoms with Gasteiger partial charge in [-0.05, 0) is 18.2 Å². The highest BCUT2D eigenvalue weighted by molar-refractivity contribution is 7.89. The molecule has 2 aromatic rings. The minimum absolute atomic E-state index is 0.323. The van der Waals surface area contributed by atoms with Crippen LogP contribution >= 0.6 is 11.6 Å². The van der Waals surface area contributed by atoms with E-state index in [-0.39, 0.29) is 0 Å². The molecule has 0 radical (unpaired) electrons. The Balaban J connectivity index is 2.44. The van der Waals surface area contributed by atoms with Crippen molar-refractivity contribution in [1.82, 2.24) is 5.16 Å². The quantitative estimate of drug-likeness (QED) is 0.926. The van der Waals surface area contributed by atoms with Gasteiger partial charge in [-0.25, -0.2) is 13.6 Å². The highest BCUT2D eigenvalue weighted by atomic mass is 35.5. The van der Waals surface area contributed by atoms with Crippen LogP contribution in [0.2, 0.25) is 5.02 Å². The van der Waals surface area contributed by atoms with Crippen LogP contribution in [0.25, 0.3) is 11.3 Å². The minimum Gasteiger partial charge on any atom is -0.495 e. The summed E-state index contributed by atoms with van der Waals surface area (Å²) in [6.45, 7) is 0. The molecule has 1 aromatic heterocycles. The zero-order valence-corrected chi connectivity index (χ0v) is 10.8. The van der Waals surface area contributed by atoms with E-state index in [2.05, 4.69) is 9.68 Å². The first-order chi connectivity index (χ1) is 8.41. The molecule has 0 unspecified atom stereocenters. The van der Waals surface area contributed by atoms with Crippen molar-refractivity contribution in [2.24, 2.45) is 5.14 Å². The van der Waals surface area contributed by atoms with Crippen LogP contribution in [0.15, 0.2) is 33.9 Å². The van der Waals surface area contributed by atoms with E-state index in [0.717, 1.165) is 0 Å². The summed E-state index contributed by atoms with van der Waals surface area (Å²) < 4.78 is 31.7. The zero-order valence-electron chi connectivity index (χ0n) is 9.25. The molecule has 0 saturated heterocycles. The summed E-state index contributed by atoms with van der Waals surface area (Å²) >= 11 is 5.95. The molecule has 18 heavy (non-hydrogen) atoms. The molecular weight excluding hydrogens is 280 g/mol. The molecule has 0 amide bonds. The first kappa shape index (κ1) is 12.9. The number of primary sulfonamides is 1. The van der Waals surface area contributed by atoms with Crippen LogP contribution in [0, 0.1) is 0 Å². The van der Waals surface area contributed by atoms with E-state index in [4.69, 9.17) is 21.5 Å². The third-order valence-corrected chi connectivity index (χ3v) is 3.27. The lowest BCUT2D eigenvalue weighted by molar-refractivity contribution is 0.341. The summed E-state index contributed by atoms with van der Waals surface area (Å²) in [6.07, 6.45) is 0. The molecule has 0 fully saturated rings. The van der Waals surface area contributed by atoms with E-state index in [1.54, 1.807) is 18.2 Å². The Morgan fingerprint density at radius 2 is 2.11 bits per heavy atom. The fourth-order valence-electron chi connectivity index (χ4n) is 1.35. The third kappa shape index (κ3) is 2.47. The number of rotatable bonds is 3. The number of benzene rings is 1. The number of halogens is 1. The average molecular weight is 289 g/mol. The lowest BCUT2D eigenvalue weighted by atomic mass is 10.1. The summed E-state index contributed by atoms with van der Waals surface area (Å²) in [4.78, 5) is 0. The maximum absolute atomic E-state index is 11.0. The van der Waals surface area contributed by atoms with E-state index < -0.39 is 15.1 Å². The lowest BCUT2D eigenvalue weighted by Crippen LogP contribution is -2.10. The Kier molecular flexibility index (Phi) is 3.29. The van der Waals surface area contributed by atoms with Crippen molar-refractivity contribution in [3.8, 4) is 17.0 Å². The van der Waals surface area contributed by atoms with Crippen LogP contribution in [0.3, 0.4) is 0 Å². The Morgan fingerprint density at radius 1 is 1.39 bits per heavy atom. The number of sulfonamides is 1. The second kappa shape index (κ2) is 4.60. The van der Waals surface area contributed by atoms with Crippen LogP contribution in [-0.4, -0.2) is 20.7 Å².